The van der Waals surface area contributed by atoms with Crippen LogP contribution >= 0.6 is 0 Å². The fourth-order valence-electron chi connectivity index (χ4n) is 2.83. The first-order valence-corrected chi connectivity index (χ1v) is 17.7. The molecule has 0 spiro atoms. The van der Waals surface area contributed by atoms with E-state index in [1.165, 1.54) is 18.7 Å². The van der Waals surface area contributed by atoms with Crippen molar-refractivity contribution < 1.29 is 25.5 Å². The van der Waals surface area contributed by atoms with Gasteiger partial charge in [0.2, 0.25) is 8.32 Å². The van der Waals surface area contributed by atoms with E-state index in [-0.39, 0.29) is 0 Å². The van der Waals surface area contributed by atoms with Crippen molar-refractivity contribution in [2.24, 2.45) is 0 Å². The van der Waals surface area contributed by atoms with Crippen molar-refractivity contribution in [1.82, 2.24) is 0 Å². The van der Waals surface area contributed by atoms with Crippen LogP contribution in [0.15, 0.2) is 60.7 Å². The molecule has 9 heteroatoms. The summed E-state index contributed by atoms with van der Waals surface area (Å²) in [6, 6.07) is 19.6. The Hall–Kier alpha value is -1.43. The highest BCUT2D eigenvalue weighted by atomic mass is 32.2. The molecule has 0 aliphatic carbocycles. The third-order valence-electron chi connectivity index (χ3n) is 6.56. The summed E-state index contributed by atoms with van der Waals surface area (Å²) in [7, 11) is -9.42. The van der Waals surface area contributed by atoms with Gasteiger partial charge < -0.3 is 3.87 Å². The topological polar surface area (TPSA) is 43.4 Å². The highest BCUT2D eigenvalue weighted by Crippen LogP contribution is 2.38. The fourth-order valence-corrected chi connectivity index (χ4v) is 7.96. The molecule has 0 amide bonds. The van der Waals surface area contributed by atoms with Gasteiger partial charge in [0.1, 0.15) is 0 Å². The molecule has 180 valence electrons. The second kappa shape index (κ2) is 10.2. The Labute approximate surface area is 193 Å². The Morgan fingerprint density at radius 3 is 1.50 bits per heavy atom. The van der Waals surface area contributed by atoms with Crippen molar-refractivity contribution in [3.05, 3.63) is 71.8 Å². The summed E-state index contributed by atoms with van der Waals surface area (Å²) in [5, 5.41) is -0.367. The largest absolute Gasteiger partial charge is 0.522 e. The first-order chi connectivity index (χ1) is 14.4. The van der Waals surface area contributed by atoms with Gasteiger partial charge in [0.15, 0.2) is 0 Å². The zero-order valence-corrected chi connectivity index (χ0v) is 23.1. The van der Waals surface area contributed by atoms with Crippen molar-refractivity contribution in [2.75, 3.05) is 0 Å². The molecule has 0 saturated heterocycles. The highest BCUT2D eigenvalue weighted by molar-refractivity contribution is 7.88. The minimum Gasteiger partial charge on any atom is -0.308 e. The maximum Gasteiger partial charge on any atom is 0.522 e. The zero-order chi connectivity index (χ0) is 25.0. The van der Waals surface area contributed by atoms with Gasteiger partial charge in [-0.25, -0.2) is 0 Å². The van der Waals surface area contributed by atoms with E-state index in [1.807, 2.05) is 0 Å². The smallest absolute Gasteiger partial charge is 0.308 e. The Morgan fingerprint density at radius 2 is 1.16 bits per heavy atom. The Kier molecular flexibility index (Phi) is 9.15. The average Bonchev–Trinajstić information content (AvgIpc) is 2.68. The lowest BCUT2D eigenvalue weighted by atomic mass is 10.0. The van der Waals surface area contributed by atoms with Crippen LogP contribution in [-0.4, -0.2) is 31.0 Å². The Morgan fingerprint density at radius 1 is 0.781 bits per heavy atom. The second-order valence-electron chi connectivity index (χ2n) is 9.73. The first-order valence-electron chi connectivity index (χ1n) is 10.5. The standard InChI is InChI=1S/C12H17F3O3SSi.C11H18Si/c1-11(2,10-8-6-5-7-9-10)20(3,4)18-19(16,17)12(13,14)15;1-11(2,12(3)4)10-8-6-5-7-9-10/h5-9H,1-4H3;5-9,12H,1-4H3. The van der Waals surface area contributed by atoms with E-state index in [0.717, 1.165) is 5.56 Å². The van der Waals surface area contributed by atoms with E-state index in [1.54, 1.807) is 44.2 Å². The SMILES string of the molecule is CC(C)(c1ccccc1)[Si](C)(C)OS(=O)(=O)C(F)(F)F.C[SiH](C)C(C)(C)c1ccccc1. The summed E-state index contributed by atoms with van der Waals surface area (Å²) in [6.07, 6.45) is 0. The predicted molar refractivity (Wildman–Crippen MR) is 131 cm³/mol. The van der Waals surface area contributed by atoms with Gasteiger partial charge >= 0.3 is 15.6 Å². The summed E-state index contributed by atoms with van der Waals surface area (Å²) < 4.78 is 64.5. The molecule has 0 N–H and O–H groups in total. The predicted octanol–water partition coefficient (Wildman–Crippen LogP) is 6.56. The molecule has 0 atom stereocenters. The molecule has 2 aromatic carbocycles. The molecule has 0 heterocycles. The van der Waals surface area contributed by atoms with E-state index in [9.17, 15) is 21.6 Å². The minimum absolute atomic E-state index is 0.432. The summed E-state index contributed by atoms with van der Waals surface area (Å²) in [5.74, 6) is 0. The van der Waals surface area contributed by atoms with Gasteiger partial charge in [-0.15, -0.1) is 0 Å². The van der Waals surface area contributed by atoms with Crippen LogP contribution < -0.4 is 0 Å². The van der Waals surface area contributed by atoms with Gasteiger partial charge in [-0.1, -0.05) is 101 Å². The number of rotatable bonds is 6. The Bertz CT molecular complexity index is 957. The summed E-state index contributed by atoms with van der Waals surface area (Å²) in [6.45, 7) is 15.9. The van der Waals surface area contributed by atoms with E-state index in [4.69, 9.17) is 0 Å². The van der Waals surface area contributed by atoms with Crippen LogP contribution in [0.4, 0.5) is 13.2 Å². The molecule has 3 nitrogen and oxygen atoms in total. The van der Waals surface area contributed by atoms with E-state index < -0.39 is 37.8 Å². The number of benzene rings is 2. The summed E-state index contributed by atoms with van der Waals surface area (Å²) in [5.41, 5.74) is -3.16. The number of halogens is 3. The van der Waals surface area contributed by atoms with Crippen molar-refractivity contribution in [3.63, 3.8) is 0 Å². The van der Waals surface area contributed by atoms with Crippen LogP contribution in [0.5, 0.6) is 0 Å². The van der Waals surface area contributed by atoms with Gasteiger partial charge in [0, 0.05) is 13.8 Å². The molecule has 0 radical (unpaired) electrons. The second-order valence-corrected chi connectivity index (χ2v) is 19.8. The fraction of sp³-hybridized carbons (Fsp3) is 0.478. The van der Waals surface area contributed by atoms with Crippen molar-refractivity contribution in [3.8, 4) is 0 Å². The minimum atomic E-state index is -5.58. The van der Waals surface area contributed by atoms with Crippen LogP contribution in [0.2, 0.25) is 26.2 Å². The Balaban J connectivity index is 0.000000363. The third kappa shape index (κ3) is 6.79. The molecule has 0 saturated carbocycles. The number of alkyl halides is 3. The molecule has 0 aromatic heterocycles. The zero-order valence-electron chi connectivity index (χ0n) is 20.1. The van der Waals surface area contributed by atoms with Crippen molar-refractivity contribution >= 4 is 27.2 Å². The van der Waals surface area contributed by atoms with Gasteiger partial charge in [0.25, 0.3) is 0 Å². The maximum atomic E-state index is 12.5. The molecule has 0 aliphatic heterocycles. The molecular formula is C23H35F3O3SSi2. The monoisotopic (exact) mass is 504 g/mol. The van der Waals surface area contributed by atoms with Gasteiger partial charge in [-0.05, 0) is 29.3 Å². The first kappa shape index (κ1) is 28.6. The van der Waals surface area contributed by atoms with Crippen LogP contribution in [-0.2, 0) is 24.1 Å². The quantitative estimate of drug-likeness (QED) is 0.330. The molecule has 2 aromatic rings. The van der Waals surface area contributed by atoms with E-state index in [2.05, 4.69) is 61.1 Å². The molecule has 0 fully saturated rings. The van der Waals surface area contributed by atoms with Crippen LogP contribution in [0.25, 0.3) is 0 Å². The van der Waals surface area contributed by atoms with Gasteiger partial charge in [0.05, 0.1) is 0 Å². The molecule has 0 unspecified atom stereocenters. The van der Waals surface area contributed by atoms with Gasteiger partial charge in [-0.2, -0.15) is 21.6 Å². The summed E-state index contributed by atoms with van der Waals surface area (Å²) >= 11 is 0. The van der Waals surface area contributed by atoms with Crippen LogP contribution in [0.1, 0.15) is 38.8 Å². The van der Waals surface area contributed by atoms with E-state index in [0.29, 0.717) is 5.04 Å². The third-order valence-corrected chi connectivity index (χ3v) is 16.2. The van der Waals surface area contributed by atoms with Crippen molar-refractivity contribution in [1.29, 1.82) is 0 Å². The molecule has 32 heavy (non-hydrogen) atoms. The number of hydrogen-bond acceptors (Lipinski definition) is 3. The number of hydrogen-bond donors (Lipinski definition) is 0. The lowest BCUT2D eigenvalue weighted by molar-refractivity contribution is -0.0505. The highest BCUT2D eigenvalue weighted by Gasteiger charge is 2.54. The normalized spacial score (nSPS) is 13.5. The average molecular weight is 505 g/mol. The van der Waals surface area contributed by atoms with Crippen LogP contribution in [0, 0.1) is 0 Å². The molecule has 0 aliphatic rings. The maximum absolute atomic E-state index is 12.5. The lowest BCUT2D eigenvalue weighted by Crippen LogP contribution is -2.53. The lowest BCUT2D eigenvalue weighted by Gasteiger charge is -2.38. The molecular weight excluding hydrogens is 469 g/mol. The van der Waals surface area contributed by atoms with Gasteiger partial charge in [-0.3, -0.25) is 0 Å². The van der Waals surface area contributed by atoms with Crippen molar-refractivity contribution in [2.45, 2.75) is 69.5 Å². The summed E-state index contributed by atoms with van der Waals surface area (Å²) in [4.78, 5) is 0. The van der Waals surface area contributed by atoms with E-state index >= 15 is 0 Å². The molecule has 0 bridgehead atoms. The van der Waals surface area contributed by atoms with Crippen LogP contribution in [0.3, 0.4) is 0 Å². The molecule has 2 rings (SSSR count).